The van der Waals surface area contributed by atoms with Crippen LogP contribution in [0, 0.1) is 0 Å². The van der Waals surface area contributed by atoms with E-state index >= 15 is 0 Å². The second kappa shape index (κ2) is 9.00. The first-order valence-electron chi connectivity index (χ1n) is 7.33. The van der Waals surface area contributed by atoms with Crippen molar-refractivity contribution in [1.29, 1.82) is 0 Å². The van der Waals surface area contributed by atoms with Gasteiger partial charge in [0, 0.05) is 18.6 Å². The molecule has 1 saturated carbocycles. The molecule has 0 aromatic rings. The van der Waals surface area contributed by atoms with Crippen LogP contribution in [0.25, 0.3) is 0 Å². The molecular formula is C14H30N2. The highest BCUT2D eigenvalue weighted by molar-refractivity contribution is 4.85. The SMILES string of the molecule is CCCCCCCCCC(CN)NC1CC1. The van der Waals surface area contributed by atoms with Gasteiger partial charge >= 0.3 is 0 Å². The summed E-state index contributed by atoms with van der Waals surface area (Å²) < 4.78 is 0. The monoisotopic (exact) mass is 226 g/mol. The second-order valence-electron chi connectivity index (χ2n) is 5.28. The van der Waals surface area contributed by atoms with Gasteiger partial charge in [-0.05, 0) is 19.3 Å². The highest BCUT2D eigenvalue weighted by Crippen LogP contribution is 2.20. The number of rotatable bonds is 11. The van der Waals surface area contributed by atoms with Crippen molar-refractivity contribution in [3.63, 3.8) is 0 Å². The topological polar surface area (TPSA) is 38.0 Å². The van der Waals surface area contributed by atoms with E-state index in [1.165, 1.54) is 64.2 Å². The smallest absolute Gasteiger partial charge is 0.0192 e. The maximum absolute atomic E-state index is 5.77. The molecule has 0 aromatic heterocycles. The van der Waals surface area contributed by atoms with Gasteiger partial charge in [-0.2, -0.15) is 0 Å². The van der Waals surface area contributed by atoms with Crippen molar-refractivity contribution in [3.8, 4) is 0 Å². The Bertz CT molecular complexity index is 155. The summed E-state index contributed by atoms with van der Waals surface area (Å²) in [5.74, 6) is 0. The van der Waals surface area contributed by atoms with Gasteiger partial charge in [0.15, 0.2) is 0 Å². The van der Waals surface area contributed by atoms with E-state index in [4.69, 9.17) is 5.73 Å². The molecule has 2 nitrogen and oxygen atoms in total. The van der Waals surface area contributed by atoms with Crippen LogP contribution in [0.5, 0.6) is 0 Å². The van der Waals surface area contributed by atoms with Gasteiger partial charge in [0.1, 0.15) is 0 Å². The predicted molar refractivity (Wildman–Crippen MR) is 71.6 cm³/mol. The summed E-state index contributed by atoms with van der Waals surface area (Å²) in [5, 5.41) is 3.63. The Kier molecular flexibility index (Phi) is 7.87. The predicted octanol–water partition coefficient (Wildman–Crippen LogP) is 3.21. The Morgan fingerprint density at radius 2 is 1.69 bits per heavy atom. The fraction of sp³-hybridized carbons (Fsp3) is 1.00. The minimum Gasteiger partial charge on any atom is -0.329 e. The van der Waals surface area contributed by atoms with Gasteiger partial charge in [-0.1, -0.05) is 51.9 Å². The maximum Gasteiger partial charge on any atom is 0.0192 e. The molecule has 16 heavy (non-hydrogen) atoms. The summed E-state index contributed by atoms with van der Waals surface area (Å²) in [6.45, 7) is 3.09. The van der Waals surface area contributed by atoms with Gasteiger partial charge in [-0.25, -0.2) is 0 Å². The molecule has 1 fully saturated rings. The van der Waals surface area contributed by atoms with Crippen molar-refractivity contribution in [2.75, 3.05) is 6.54 Å². The first kappa shape index (κ1) is 14.0. The highest BCUT2D eigenvalue weighted by Gasteiger charge is 2.23. The van der Waals surface area contributed by atoms with Crippen molar-refractivity contribution in [3.05, 3.63) is 0 Å². The lowest BCUT2D eigenvalue weighted by molar-refractivity contribution is 0.455. The Balaban J connectivity index is 1.84. The van der Waals surface area contributed by atoms with Crippen LogP contribution in [-0.4, -0.2) is 18.6 Å². The fourth-order valence-electron chi connectivity index (χ4n) is 2.20. The normalized spacial score (nSPS) is 17.6. The molecule has 1 aliphatic rings. The lowest BCUT2D eigenvalue weighted by Crippen LogP contribution is -2.37. The molecule has 0 saturated heterocycles. The largest absolute Gasteiger partial charge is 0.329 e. The van der Waals surface area contributed by atoms with Crippen LogP contribution in [0.2, 0.25) is 0 Å². The standard InChI is InChI=1S/C14H30N2/c1-2-3-4-5-6-7-8-9-14(12-15)16-13-10-11-13/h13-14,16H,2-12,15H2,1H3. The van der Waals surface area contributed by atoms with Crippen molar-refractivity contribution in [1.82, 2.24) is 5.32 Å². The van der Waals surface area contributed by atoms with E-state index in [0.29, 0.717) is 6.04 Å². The van der Waals surface area contributed by atoms with Crippen molar-refractivity contribution in [2.24, 2.45) is 5.73 Å². The molecule has 0 aromatic carbocycles. The van der Waals surface area contributed by atoms with E-state index in [0.717, 1.165) is 12.6 Å². The van der Waals surface area contributed by atoms with E-state index in [1.54, 1.807) is 0 Å². The number of nitrogens with one attached hydrogen (secondary N) is 1. The van der Waals surface area contributed by atoms with Gasteiger partial charge < -0.3 is 11.1 Å². The van der Waals surface area contributed by atoms with E-state index in [1.807, 2.05) is 0 Å². The second-order valence-corrected chi connectivity index (χ2v) is 5.28. The lowest BCUT2D eigenvalue weighted by atomic mass is 10.1. The minimum atomic E-state index is 0.586. The summed E-state index contributed by atoms with van der Waals surface area (Å²) >= 11 is 0. The first-order chi connectivity index (χ1) is 7.86. The summed E-state index contributed by atoms with van der Waals surface area (Å²) in [7, 11) is 0. The summed E-state index contributed by atoms with van der Waals surface area (Å²) in [4.78, 5) is 0. The van der Waals surface area contributed by atoms with Crippen LogP contribution in [0.15, 0.2) is 0 Å². The van der Waals surface area contributed by atoms with Crippen molar-refractivity contribution in [2.45, 2.75) is 83.2 Å². The van der Waals surface area contributed by atoms with E-state index in [9.17, 15) is 0 Å². The highest BCUT2D eigenvalue weighted by atomic mass is 15.0. The number of unbranched alkanes of at least 4 members (excludes halogenated alkanes) is 6. The number of hydrogen-bond acceptors (Lipinski definition) is 2. The van der Waals surface area contributed by atoms with Gasteiger partial charge in [-0.3, -0.25) is 0 Å². The molecule has 0 aliphatic heterocycles. The van der Waals surface area contributed by atoms with Crippen LogP contribution < -0.4 is 11.1 Å². The van der Waals surface area contributed by atoms with Gasteiger partial charge in [0.25, 0.3) is 0 Å². The molecule has 0 heterocycles. The third kappa shape index (κ3) is 7.24. The Hall–Kier alpha value is -0.0800. The van der Waals surface area contributed by atoms with Gasteiger partial charge in [-0.15, -0.1) is 0 Å². The minimum absolute atomic E-state index is 0.586. The summed E-state index contributed by atoms with van der Waals surface area (Å²) in [5.41, 5.74) is 5.77. The van der Waals surface area contributed by atoms with Crippen LogP contribution >= 0.6 is 0 Å². The molecule has 0 spiro atoms. The maximum atomic E-state index is 5.77. The Morgan fingerprint density at radius 1 is 1.06 bits per heavy atom. The lowest BCUT2D eigenvalue weighted by Gasteiger charge is -2.16. The van der Waals surface area contributed by atoms with E-state index in [2.05, 4.69) is 12.2 Å². The van der Waals surface area contributed by atoms with Gasteiger partial charge in [0.05, 0.1) is 0 Å². The zero-order chi connectivity index (χ0) is 11.6. The fourth-order valence-corrected chi connectivity index (χ4v) is 2.20. The third-order valence-electron chi connectivity index (χ3n) is 3.49. The van der Waals surface area contributed by atoms with Crippen molar-refractivity contribution < 1.29 is 0 Å². The molecule has 96 valence electrons. The zero-order valence-electron chi connectivity index (χ0n) is 11.0. The summed E-state index contributed by atoms with van der Waals surface area (Å²) in [6.07, 6.45) is 13.8. The van der Waals surface area contributed by atoms with Crippen LogP contribution in [0.1, 0.15) is 71.1 Å². The molecule has 1 rings (SSSR count). The third-order valence-corrected chi connectivity index (χ3v) is 3.49. The first-order valence-corrected chi connectivity index (χ1v) is 7.33. The van der Waals surface area contributed by atoms with Crippen LogP contribution in [-0.2, 0) is 0 Å². The van der Waals surface area contributed by atoms with E-state index in [-0.39, 0.29) is 0 Å². The quantitative estimate of drug-likeness (QED) is 0.531. The van der Waals surface area contributed by atoms with Crippen LogP contribution in [0.4, 0.5) is 0 Å². The Morgan fingerprint density at radius 3 is 2.25 bits per heavy atom. The molecular weight excluding hydrogens is 196 g/mol. The molecule has 0 bridgehead atoms. The average molecular weight is 226 g/mol. The van der Waals surface area contributed by atoms with Crippen LogP contribution in [0.3, 0.4) is 0 Å². The molecule has 0 amide bonds. The molecule has 3 N–H and O–H groups in total. The number of nitrogens with two attached hydrogens (primary N) is 1. The number of hydrogen-bond donors (Lipinski definition) is 2. The van der Waals surface area contributed by atoms with E-state index < -0.39 is 0 Å². The van der Waals surface area contributed by atoms with Crippen molar-refractivity contribution >= 4 is 0 Å². The zero-order valence-corrected chi connectivity index (χ0v) is 11.0. The molecule has 1 aliphatic carbocycles. The molecule has 2 heteroatoms. The Labute approximate surface area is 101 Å². The summed E-state index contributed by atoms with van der Waals surface area (Å²) in [6, 6.07) is 1.39. The van der Waals surface area contributed by atoms with Gasteiger partial charge in [0.2, 0.25) is 0 Å². The average Bonchev–Trinajstić information content (AvgIpc) is 3.10. The molecule has 1 atom stereocenters. The molecule has 1 unspecified atom stereocenters. The molecule has 0 radical (unpaired) electrons.